The van der Waals surface area contributed by atoms with E-state index in [1.54, 1.807) is 4.68 Å². The highest BCUT2D eigenvalue weighted by Gasteiger charge is 2.11. The van der Waals surface area contributed by atoms with Gasteiger partial charge in [0.15, 0.2) is 0 Å². The number of aromatic nitrogens is 4. The molecule has 19 heavy (non-hydrogen) atoms. The molecule has 0 saturated carbocycles. The van der Waals surface area contributed by atoms with Crippen LogP contribution in [0.2, 0.25) is 5.15 Å². The molecule has 0 unspecified atom stereocenters. The Morgan fingerprint density at radius 2 is 2.21 bits per heavy atom. The number of halogens is 1. The predicted molar refractivity (Wildman–Crippen MR) is 76.3 cm³/mol. The molecule has 6 heteroatoms. The molecule has 0 saturated heterocycles. The van der Waals surface area contributed by atoms with Crippen molar-refractivity contribution in [3.63, 3.8) is 0 Å². The highest BCUT2D eigenvalue weighted by atomic mass is 35.5. The summed E-state index contributed by atoms with van der Waals surface area (Å²) in [5.41, 5.74) is 3.06. The van der Waals surface area contributed by atoms with E-state index in [1.165, 1.54) is 0 Å². The monoisotopic (exact) mass is 281 g/mol. The summed E-state index contributed by atoms with van der Waals surface area (Å²) in [6, 6.07) is 0. The van der Waals surface area contributed by atoms with Crippen LogP contribution in [0.4, 0.5) is 0 Å². The molecule has 0 aliphatic carbocycles. The van der Waals surface area contributed by atoms with Gasteiger partial charge in [0.1, 0.15) is 5.15 Å². The number of aryl methyl sites for hydroxylation is 2. The van der Waals surface area contributed by atoms with Crippen molar-refractivity contribution in [3.8, 4) is 0 Å². The van der Waals surface area contributed by atoms with Gasteiger partial charge < -0.3 is 9.88 Å². The third-order valence-electron chi connectivity index (χ3n) is 3.03. The van der Waals surface area contributed by atoms with E-state index < -0.39 is 0 Å². The van der Waals surface area contributed by atoms with Crippen LogP contribution in [-0.2, 0) is 20.1 Å². The van der Waals surface area contributed by atoms with Gasteiger partial charge in [0.25, 0.3) is 0 Å². The molecule has 2 aromatic rings. The smallest absolute Gasteiger partial charge is 0.131 e. The Hall–Kier alpha value is -1.33. The number of hydrogen-bond acceptors (Lipinski definition) is 3. The van der Waals surface area contributed by atoms with Crippen molar-refractivity contribution in [1.29, 1.82) is 0 Å². The minimum Gasteiger partial charge on any atom is -0.333 e. The molecule has 2 aromatic heterocycles. The first-order valence-electron chi connectivity index (χ1n) is 6.51. The first kappa shape index (κ1) is 14.1. The quantitative estimate of drug-likeness (QED) is 0.825. The van der Waals surface area contributed by atoms with Gasteiger partial charge >= 0.3 is 0 Å². The summed E-state index contributed by atoms with van der Waals surface area (Å²) in [5.74, 6) is 0. The summed E-state index contributed by atoms with van der Waals surface area (Å²) in [7, 11) is 1.85. The normalized spacial score (nSPS) is 11.2. The standard InChI is InChI=1S/C13H20ClN5/c1-4-5-15-6-11-7-19(9-16-11)8-12-10(2)17-18(3)13(12)14/h7,9,15H,4-6,8H2,1-3H3. The second-order valence-corrected chi connectivity index (χ2v) is 5.05. The van der Waals surface area contributed by atoms with E-state index in [9.17, 15) is 0 Å². The lowest BCUT2D eigenvalue weighted by Crippen LogP contribution is -2.13. The Morgan fingerprint density at radius 1 is 1.42 bits per heavy atom. The lowest BCUT2D eigenvalue weighted by atomic mass is 10.2. The molecule has 104 valence electrons. The van der Waals surface area contributed by atoms with Crippen molar-refractivity contribution >= 4 is 11.6 Å². The van der Waals surface area contributed by atoms with Crippen molar-refractivity contribution in [2.24, 2.45) is 7.05 Å². The molecular formula is C13H20ClN5. The number of rotatable bonds is 6. The van der Waals surface area contributed by atoms with Crippen LogP contribution >= 0.6 is 11.6 Å². The van der Waals surface area contributed by atoms with Gasteiger partial charge in [-0.25, -0.2) is 4.98 Å². The van der Waals surface area contributed by atoms with Crippen LogP contribution in [0.1, 0.15) is 30.3 Å². The molecule has 0 aliphatic rings. The molecule has 2 heterocycles. The van der Waals surface area contributed by atoms with Crippen molar-refractivity contribution in [2.75, 3.05) is 6.54 Å². The van der Waals surface area contributed by atoms with Crippen LogP contribution < -0.4 is 5.32 Å². The lowest BCUT2D eigenvalue weighted by molar-refractivity contribution is 0.665. The van der Waals surface area contributed by atoms with Gasteiger partial charge in [-0.2, -0.15) is 5.10 Å². The molecule has 1 N–H and O–H groups in total. The zero-order chi connectivity index (χ0) is 13.8. The fourth-order valence-electron chi connectivity index (χ4n) is 2.01. The summed E-state index contributed by atoms with van der Waals surface area (Å²) in [5, 5.41) is 8.34. The van der Waals surface area contributed by atoms with Crippen LogP contribution in [0.15, 0.2) is 12.5 Å². The molecule has 0 aliphatic heterocycles. The minimum absolute atomic E-state index is 0.692. The van der Waals surface area contributed by atoms with E-state index >= 15 is 0 Å². The summed E-state index contributed by atoms with van der Waals surface area (Å²) < 4.78 is 3.74. The van der Waals surface area contributed by atoms with Crippen molar-refractivity contribution < 1.29 is 0 Å². The molecule has 0 radical (unpaired) electrons. The first-order valence-corrected chi connectivity index (χ1v) is 6.89. The summed E-state index contributed by atoms with van der Waals surface area (Å²) >= 11 is 6.23. The SMILES string of the molecule is CCCNCc1cn(Cc2c(C)nn(C)c2Cl)cn1. The average Bonchev–Trinajstić information content (AvgIpc) is 2.91. The van der Waals surface area contributed by atoms with Crippen LogP contribution in [-0.4, -0.2) is 25.9 Å². The molecule has 0 fully saturated rings. The van der Waals surface area contributed by atoms with E-state index in [1.807, 2.05) is 31.1 Å². The van der Waals surface area contributed by atoms with Gasteiger partial charge in [0, 0.05) is 25.4 Å². The Bertz CT molecular complexity index is 543. The predicted octanol–water partition coefficient (Wildman–Crippen LogP) is 2.13. The summed E-state index contributed by atoms with van der Waals surface area (Å²) in [4.78, 5) is 4.38. The third-order valence-corrected chi connectivity index (χ3v) is 3.50. The second kappa shape index (κ2) is 6.21. The van der Waals surface area contributed by atoms with Gasteiger partial charge in [-0.1, -0.05) is 18.5 Å². The van der Waals surface area contributed by atoms with Crippen LogP contribution in [0.25, 0.3) is 0 Å². The van der Waals surface area contributed by atoms with Gasteiger partial charge in [0.2, 0.25) is 0 Å². The molecule has 0 spiro atoms. The molecule has 0 aromatic carbocycles. The molecule has 2 rings (SSSR count). The molecule has 0 amide bonds. The fourth-order valence-corrected chi connectivity index (χ4v) is 2.25. The number of hydrogen-bond donors (Lipinski definition) is 1. The minimum atomic E-state index is 0.692. The average molecular weight is 282 g/mol. The zero-order valence-corrected chi connectivity index (χ0v) is 12.4. The fraction of sp³-hybridized carbons (Fsp3) is 0.538. The van der Waals surface area contributed by atoms with E-state index in [2.05, 4.69) is 22.3 Å². The van der Waals surface area contributed by atoms with E-state index in [4.69, 9.17) is 11.6 Å². The number of nitrogens with zero attached hydrogens (tertiary/aromatic N) is 4. The first-order chi connectivity index (χ1) is 9.11. The highest BCUT2D eigenvalue weighted by molar-refractivity contribution is 6.30. The van der Waals surface area contributed by atoms with Crippen molar-refractivity contribution in [1.82, 2.24) is 24.6 Å². The Labute approximate surface area is 118 Å². The number of imidazole rings is 1. The van der Waals surface area contributed by atoms with Crippen LogP contribution in [0.3, 0.4) is 0 Å². The number of nitrogens with one attached hydrogen (secondary N) is 1. The van der Waals surface area contributed by atoms with Gasteiger partial charge in [0.05, 0.1) is 24.3 Å². The molecular weight excluding hydrogens is 262 g/mol. The maximum atomic E-state index is 6.23. The molecule has 5 nitrogen and oxygen atoms in total. The van der Waals surface area contributed by atoms with Crippen molar-refractivity contribution in [2.45, 2.75) is 33.4 Å². The van der Waals surface area contributed by atoms with Crippen molar-refractivity contribution in [3.05, 3.63) is 34.6 Å². The zero-order valence-electron chi connectivity index (χ0n) is 11.6. The van der Waals surface area contributed by atoms with E-state index in [-0.39, 0.29) is 0 Å². The third kappa shape index (κ3) is 3.36. The molecule has 0 bridgehead atoms. The highest BCUT2D eigenvalue weighted by Crippen LogP contribution is 2.19. The Morgan fingerprint density at radius 3 is 2.84 bits per heavy atom. The Kier molecular flexibility index (Phi) is 4.61. The topological polar surface area (TPSA) is 47.7 Å². The Balaban J connectivity index is 2.03. The van der Waals surface area contributed by atoms with Crippen LogP contribution in [0, 0.1) is 6.92 Å². The van der Waals surface area contributed by atoms with E-state index in [0.29, 0.717) is 11.7 Å². The maximum absolute atomic E-state index is 6.23. The van der Waals surface area contributed by atoms with Gasteiger partial charge in [-0.3, -0.25) is 4.68 Å². The lowest BCUT2D eigenvalue weighted by Gasteiger charge is -2.02. The van der Waals surface area contributed by atoms with Crippen LogP contribution in [0.5, 0.6) is 0 Å². The second-order valence-electron chi connectivity index (χ2n) is 4.69. The van der Waals surface area contributed by atoms with E-state index in [0.717, 1.165) is 36.5 Å². The summed E-state index contributed by atoms with van der Waals surface area (Å²) in [6.07, 6.45) is 5.02. The molecule has 0 atom stereocenters. The maximum Gasteiger partial charge on any atom is 0.131 e. The van der Waals surface area contributed by atoms with Gasteiger partial charge in [-0.15, -0.1) is 0 Å². The summed E-state index contributed by atoms with van der Waals surface area (Å²) in [6.45, 7) is 6.65. The van der Waals surface area contributed by atoms with Gasteiger partial charge in [-0.05, 0) is 19.9 Å². The largest absolute Gasteiger partial charge is 0.333 e.